The number of Topliss-reactive ketones (excluding diaryl/α,β-unsaturated/α-hetero) is 1. The summed E-state index contributed by atoms with van der Waals surface area (Å²) in [5.74, 6) is 1.75. The summed E-state index contributed by atoms with van der Waals surface area (Å²) in [6.45, 7) is 3.51. The van der Waals surface area contributed by atoms with E-state index in [2.05, 4.69) is 34.8 Å². The molecule has 0 amide bonds. The first-order chi connectivity index (χ1) is 17.7. The number of aromatic nitrogens is 5. The quantitative estimate of drug-likeness (QED) is 0.434. The van der Waals surface area contributed by atoms with Crippen LogP contribution in [0.4, 0.5) is 5.82 Å². The smallest absolute Gasteiger partial charge is 0.183 e. The van der Waals surface area contributed by atoms with Gasteiger partial charge < -0.3 is 14.6 Å². The van der Waals surface area contributed by atoms with Gasteiger partial charge in [-0.05, 0) is 29.3 Å². The Morgan fingerprint density at radius 1 is 1.03 bits per heavy atom. The number of ether oxygens (including phenoxy) is 1. The molecule has 0 bridgehead atoms. The van der Waals surface area contributed by atoms with E-state index in [4.69, 9.17) is 4.74 Å². The number of rotatable bonds is 7. The van der Waals surface area contributed by atoms with Crippen LogP contribution in [0.3, 0.4) is 0 Å². The molecule has 0 radical (unpaired) electrons. The fourth-order valence-corrected chi connectivity index (χ4v) is 4.56. The molecule has 1 fully saturated rings. The second kappa shape index (κ2) is 9.79. The van der Waals surface area contributed by atoms with Gasteiger partial charge in [0.1, 0.15) is 23.5 Å². The van der Waals surface area contributed by atoms with Crippen LogP contribution >= 0.6 is 0 Å². The van der Waals surface area contributed by atoms with Crippen molar-refractivity contribution in [2.24, 2.45) is 4.99 Å². The molecule has 9 nitrogen and oxygen atoms in total. The van der Waals surface area contributed by atoms with Gasteiger partial charge >= 0.3 is 0 Å². The summed E-state index contributed by atoms with van der Waals surface area (Å²) < 4.78 is 5.46. The Morgan fingerprint density at radius 3 is 2.69 bits per heavy atom. The minimum Gasteiger partial charge on any atom is -0.378 e. The number of hydrogen-bond acceptors (Lipinski definition) is 8. The Labute approximate surface area is 208 Å². The minimum absolute atomic E-state index is 0.172. The van der Waals surface area contributed by atoms with Crippen LogP contribution in [0.1, 0.15) is 17.5 Å². The lowest BCUT2D eigenvalue weighted by Gasteiger charge is -2.27. The first-order valence-corrected chi connectivity index (χ1v) is 12.0. The average Bonchev–Trinajstić information content (AvgIpc) is 3.57. The maximum atomic E-state index is 12.7. The van der Waals surface area contributed by atoms with E-state index in [1.165, 1.54) is 0 Å². The highest BCUT2D eigenvalue weighted by atomic mass is 16.5. The number of carbonyl (C=O) groups is 1. The number of ketones is 1. The molecule has 6 rings (SSSR count). The highest BCUT2D eigenvalue weighted by Crippen LogP contribution is 2.26. The lowest BCUT2D eigenvalue weighted by Crippen LogP contribution is -2.36. The molecule has 2 aliphatic heterocycles. The Kier molecular flexibility index (Phi) is 6.05. The molecule has 0 unspecified atom stereocenters. The van der Waals surface area contributed by atoms with Crippen molar-refractivity contribution in [3.05, 3.63) is 77.9 Å². The fourth-order valence-electron chi connectivity index (χ4n) is 4.56. The van der Waals surface area contributed by atoms with Gasteiger partial charge in [-0.25, -0.2) is 15.0 Å². The van der Waals surface area contributed by atoms with Crippen molar-refractivity contribution >= 4 is 28.5 Å². The van der Waals surface area contributed by atoms with Crippen LogP contribution in [0.15, 0.2) is 71.8 Å². The van der Waals surface area contributed by atoms with Crippen LogP contribution in [0.5, 0.6) is 0 Å². The van der Waals surface area contributed by atoms with Gasteiger partial charge in [0.05, 0.1) is 25.5 Å². The number of fused-ring (bicyclic) bond motifs is 1. The minimum atomic E-state index is 0.172. The van der Waals surface area contributed by atoms with Gasteiger partial charge in [0.25, 0.3) is 0 Å². The maximum absolute atomic E-state index is 12.7. The third-order valence-electron chi connectivity index (χ3n) is 6.38. The van der Waals surface area contributed by atoms with Crippen LogP contribution in [0, 0.1) is 0 Å². The summed E-state index contributed by atoms with van der Waals surface area (Å²) in [5, 5.41) is 0. The molecule has 0 spiro atoms. The standard InChI is InChI=1S/C27H25N7O2/c35-22(13-19-14-23(29-15-19)21-2-1-7-28-16-21)12-18-3-5-20(6-4-18)25-32-24-26(33-25)30-17-31-27(24)34-8-10-36-11-9-34/h1-7,14,16-17H,8-13,15H2,(H,30,31,32,33). The number of benzene rings is 1. The molecule has 1 saturated heterocycles. The van der Waals surface area contributed by atoms with Gasteiger partial charge in [-0.15, -0.1) is 0 Å². The summed E-state index contributed by atoms with van der Waals surface area (Å²) in [6.07, 6.45) is 7.88. The second-order valence-electron chi connectivity index (χ2n) is 8.92. The van der Waals surface area contributed by atoms with Gasteiger partial charge in [-0.1, -0.05) is 24.3 Å². The monoisotopic (exact) mass is 479 g/mol. The van der Waals surface area contributed by atoms with Gasteiger partial charge in [0.2, 0.25) is 0 Å². The van der Waals surface area contributed by atoms with E-state index >= 15 is 0 Å². The van der Waals surface area contributed by atoms with Crippen molar-refractivity contribution in [3.63, 3.8) is 0 Å². The van der Waals surface area contributed by atoms with Crippen molar-refractivity contribution < 1.29 is 9.53 Å². The van der Waals surface area contributed by atoms with Crippen molar-refractivity contribution in [2.75, 3.05) is 37.7 Å². The zero-order valence-electron chi connectivity index (χ0n) is 19.7. The average molecular weight is 480 g/mol. The molecule has 9 heteroatoms. The number of allylic oxidation sites excluding steroid dienone is 1. The van der Waals surface area contributed by atoms with Crippen molar-refractivity contribution in [1.29, 1.82) is 0 Å². The molecule has 4 aromatic rings. The SMILES string of the molecule is O=C(CC1=CC(c2cccnc2)=NC1)Cc1ccc(-c2nc3ncnc(N4CCOCC4)c3[nH]2)cc1. The van der Waals surface area contributed by atoms with E-state index < -0.39 is 0 Å². The van der Waals surface area contributed by atoms with E-state index in [9.17, 15) is 4.79 Å². The molecular formula is C27H25N7O2. The van der Waals surface area contributed by atoms with E-state index in [-0.39, 0.29) is 5.78 Å². The van der Waals surface area contributed by atoms with E-state index in [1.807, 2.05) is 42.5 Å². The predicted octanol–water partition coefficient (Wildman–Crippen LogP) is 3.18. The summed E-state index contributed by atoms with van der Waals surface area (Å²) >= 11 is 0. The summed E-state index contributed by atoms with van der Waals surface area (Å²) in [6, 6.07) is 11.8. The van der Waals surface area contributed by atoms with Crippen LogP contribution in [0.25, 0.3) is 22.6 Å². The zero-order valence-corrected chi connectivity index (χ0v) is 19.7. The number of anilines is 1. The molecule has 0 aliphatic carbocycles. The summed E-state index contributed by atoms with van der Waals surface area (Å²) in [7, 11) is 0. The molecule has 180 valence electrons. The Balaban J connectivity index is 1.12. The lowest BCUT2D eigenvalue weighted by molar-refractivity contribution is -0.117. The van der Waals surface area contributed by atoms with Crippen LogP contribution in [-0.2, 0) is 16.0 Å². The maximum Gasteiger partial charge on any atom is 0.183 e. The number of aliphatic imine (C=N–C) groups is 1. The lowest BCUT2D eigenvalue weighted by atomic mass is 10.0. The van der Waals surface area contributed by atoms with E-state index in [1.54, 1.807) is 18.7 Å². The van der Waals surface area contributed by atoms with Crippen LogP contribution < -0.4 is 4.90 Å². The predicted molar refractivity (Wildman–Crippen MR) is 137 cm³/mol. The van der Waals surface area contributed by atoms with Crippen molar-refractivity contribution in [3.8, 4) is 11.4 Å². The normalized spacial score (nSPS) is 15.7. The molecule has 2 aliphatic rings. The number of H-pyrrole nitrogens is 1. The summed E-state index contributed by atoms with van der Waals surface area (Å²) in [4.78, 5) is 40.5. The van der Waals surface area contributed by atoms with E-state index in [0.717, 1.165) is 58.2 Å². The third-order valence-corrected chi connectivity index (χ3v) is 6.38. The largest absolute Gasteiger partial charge is 0.378 e. The number of hydrogen-bond donors (Lipinski definition) is 1. The highest BCUT2D eigenvalue weighted by Gasteiger charge is 2.19. The number of pyridine rings is 1. The third kappa shape index (κ3) is 4.65. The van der Waals surface area contributed by atoms with Crippen LogP contribution in [0.2, 0.25) is 0 Å². The number of aromatic amines is 1. The molecular weight excluding hydrogens is 454 g/mol. The Morgan fingerprint density at radius 2 is 1.89 bits per heavy atom. The number of morpholine rings is 1. The Hall–Kier alpha value is -4.24. The fraction of sp³-hybridized carbons (Fsp3) is 0.259. The summed E-state index contributed by atoms with van der Waals surface area (Å²) in [5.41, 5.74) is 6.28. The van der Waals surface area contributed by atoms with Crippen molar-refractivity contribution in [1.82, 2.24) is 24.9 Å². The molecule has 5 heterocycles. The molecule has 0 saturated carbocycles. The first kappa shape index (κ1) is 22.2. The number of nitrogens with one attached hydrogen (secondary N) is 1. The molecule has 0 atom stereocenters. The topological polar surface area (TPSA) is 109 Å². The van der Waals surface area contributed by atoms with Gasteiger partial charge in [-0.3, -0.25) is 14.8 Å². The number of imidazole rings is 1. The van der Waals surface area contributed by atoms with Gasteiger partial charge in [0, 0.05) is 49.5 Å². The zero-order chi connectivity index (χ0) is 24.3. The molecule has 1 aromatic carbocycles. The molecule has 36 heavy (non-hydrogen) atoms. The number of nitrogens with zero attached hydrogens (tertiary/aromatic N) is 6. The number of carbonyl (C=O) groups excluding carboxylic acids is 1. The second-order valence-corrected chi connectivity index (χ2v) is 8.92. The molecule has 3 aromatic heterocycles. The highest BCUT2D eigenvalue weighted by molar-refractivity contribution is 6.10. The Bertz CT molecular complexity index is 1450. The van der Waals surface area contributed by atoms with Gasteiger partial charge in [0.15, 0.2) is 11.5 Å². The van der Waals surface area contributed by atoms with Crippen molar-refractivity contribution in [2.45, 2.75) is 12.8 Å². The van der Waals surface area contributed by atoms with Gasteiger partial charge in [-0.2, -0.15) is 0 Å². The van der Waals surface area contributed by atoms with E-state index in [0.29, 0.717) is 38.2 Å². The molecule has 1 N–H and O–H groups in total. The van der Waals surface area contributed by atoms with Crippen LogP contribution in [-0.4, -0.2) is 69.3 Å². The first-order valence-electron chi connectivity index (χ1n) is 12.0.